The summed E-state index contributed by atoms with van der Waals surface area (Å²) in [5, 5.41) is 2.01. The molecular weight excluding hydrogens is 1250 g/mol. The molecule has 0 unspecified atom stereocenters. The van der Waals surface area contributed by atoms with Crippen molar-refractivity contribution in [3.8, 4) is 22.5 Å². The van der Waals surface area contributed by atoms with Crippen LogP contribution in [0.25, 0.3) is 33.4 Å². The Balaban J connectivity index is 1.37. The zero-order valence-electron chi connectivity index (χ0n) is 47.8. The summed E-state index contributed by atoms with van der Waals surface area (Å²) in [7, 11) is -21.3. The van der Waals surface area contributed by atoms with Crippen molar-refractivity contribution in [1.29, 1.82) is 0 Å². The first-order chi connectivity index (χ1) is 40.9. The SMILES string of the molecule is COC(=O)c1cc(C(=O)OC)cc(S(=O)(=O)Nc2c(C)cc(C)c(N=c3cc4oc5cc(Nc6c(C)cc(C)c(NS(=O)(=O)c7cc(C(=O)OC)cc(C(=O)OC)c7)c6C)c(S(=O)(=O)O)cc5c(-c5ccccc5S(=O)(=O)O)c-4cc3S(=O)(=O)O)c2C)c1. The van der Waals surface area contributed by atoms with Gasteiger partial charge in [-0.15, -0.1) is 0 Å². The quantitative estimate of drug-likeness (QED) is 0.0215. The molecule has 31 heteroatoms. The van der Waals surface area contributed by atoms with Crippen molar-refractivity contribution in [2.45, 2.75) is 66.0 Å². The van der Waals surface area contributed by atoms with Crippen molar-refractivity contribution in [2.24, 2.45) is 4.99 Å². The number of carbonyl (C=O) groups is 4. The molecule has 6 N–H and O–H groups in total. The van der Waals surface area contributed by atoms with Gasteiger partial charge in [0, 0.05) is 39.9 Å². The van der Waals surface area contributed by atoms with E-state index in [9.17, 15) is 74.9 Å². The number of fused-ring (bicyclic) bond motifs is 2. The van der Waals surface area contributed by atoms with Crippen LogP contribution >= 0.6 is 0 Å². The third-order valence-electron chi connectivity index (χ3n) is 13.9. The fraction of sp³-hybridized carbons (Fsp3) is 0.175. The van der Waals surface area contributed by atoms with E-state index < -0.39 is 110 Å². The molecule has 0 atom stereocenters. The Morgan fingerprint density at radius 3 is 1.35 bits per heavy atom. The van der Waals surface area contributed by atoms with E-state index >= 15 is 0 Å². The second-order valence-corrected chi connectivity index (χ2v) is 27.2. The molecule has 1 aliphatic heterocycles. The second kappa shape index (κ2) is 23.9. The molecule has 0 aromatic heterocycles. The number of anilines is 4. The number of hydrogen-bond acceptors (Lipinski definition) is 21. The topological polar surface area (TPSA) is 398 Å². The number of carbonyl (C=O) groups excluding carboxylic acids is 4. The zero-order valence-corrected chi connectivity index (χ0v) is 51.9. The molecule has 0 saturated heterocycles. The summed E-state index contributed by atoms with van der Waals surface area (Å²) < 4.78 is 200. The Labute approximate surface area is 503 Å². The standard InChI is InChI=1S/C57H52N4O22S5/c1-27-15-29(3)52(60-84(66,67)37-19-33(54(62)79-7)17-34(20-37)55(63)80-8)31(5)50(27)58-42-25-44-40(23-47(42)87(73,74)75)49(39-13-11-12-14-46(39)86(70,71)72)41-24-48(88(76,77)78)43(26-45(41)83-44)59-51-28(2)16-30(4)53(32(51)6)61-85(68,69)38-21-35(56(64)81-9)18-36(22-38)57(65)82-10/h11-26,58,60-61H,1-10H3,(H,70,71,72)(H,73,74,75)(H,76,77,78). The fourth-order valence-electron chi connectivity index (χ4n) is 9.86. The largest absolute Gasteiger partial charge is 0.465 e. The summed E-state index contributed by atoms with van der Waals surface area (Å²) >= 11 is 0. The van der Waals surface area contributed by atoms with E-state index in [1.807, 2.05) is 0 Å². The number of rotatable bonds is 17. The molecule has 1 aliphatic carbocycles. The normalized spacial score (nSPS) is 12.4. The number of esters is 4. The monoisotopic (exact) mass is 1300 g/mol. The van der Waals surface area contributed by atoms with Crippen LogP contribution in [0.4, 0.5) is 28.4 Å². The molecule has 0 bridgehead atoms. The summed E-state index contributed by atoms with van der Waals surface area (Å²) in [4.78, 5) is 51.2. The van der Waals surface area contributed by atoms with Gasteiger partial charge in [-0.1, -0.05) is 30.3 Å². The van der Waals surface area contributed by atoms with Crippen LogP contribution in [0, 0.1) is 41.5 Å². The predicted molar refractivity (Wildman–Crippen MR) is 317 cm³/mol. The van der Waals surface area contributed by atoms with E-state index in [0.29, 0.717) is 22.3 Å². The molecule has 0 radical (unpaired) electrons. The number of benzene rings is 7. The molecule has 2 aliphatic rings. The molecule has 0 saturated carbocycles. The van der Waals surface area contributed by atoms with E-state index in [-0.39, 0.29) is 89.6 Å². The van der Waals surface area contributed by atoms with Gasteiger partial charge in [0.1, 0.15) is 26.0 Å². The van der Waals surface area contributed by atoms with E-state index in [1.165, 1.54) is 58.0 Å². The maximum atomic E-state index is 14.2. The maximum absolute atomic E-state index is 14.2. The lowest BCUT2D eigenvalue weighted by atomic mass is 9.93. The van der Waals surface area contributed by atoms with Gasteiger partial charge < -0.3 is 28.7 Å². The Hall–Kier alpha value is -9.08. The van der Waals surface area contributed by atoms with Gasteiger partial charge in [0.2, 0.25) is 0 Å². The number of hydrogen-bond donors (Lipinski definition) is 6. The van der Waals surface area contributed by atoms with Crippen molar-refractivity contribution in [3.05, 3.63) is 158 Å². The number of aryl methyl sites for hydroxylation is 4. The highest BCUT2D eigenvalue weighted by atomic mass is 32.2. The lowest BCUT2D eigenvalue weighted by molar-refractivity contribution is 0.0581. The minimum absolute atomic E-state index is 0.0360. The van der Waals surface area contributed by atoms with Crippen LogP contribution in [0.15, 0.2) is 131 Å². The minimum atomic E-state index is -5.42. The van der Waals surface area contributed by atoms with Crippen molar-refractivity contribution in [2.75, 3.05) is 43.2 Å². The Morgan fingerprint density at radius 2 is 0.898 bits per heavy atom. The van der Waals surface area contributed by atoms with E-state index in [2.05, 4.69) is 19.8 Å². The Kier molecular flexibility index (Phi) is 17.6. The molecule has 6 aromatic rings. The Bertz CT molecular complexity index is 4920. The first kappa shape index (κ1) is 64.9. The van der Waals surface area contributed by atoms with Crippen LogP contribution in [0.5, 0.6) is 0 Å². The average molecular weight is 1310 g/mol. The summed E-state index contributed by atoms with van der Waals surface area (Å²) in [5.41, 5.74) is -1.96. The summed E-state index contributed by atoms with van der Waals surface area (Å²) in [6.07, 6.45) is 0. The molecule has 462 valence electrons. The predicted octanol–water partition coefficient (Wildman–Crippen LogP) is 8.52. The number of ether oxygens (including phenoxy) is 4. The van der Waals surface area contributed by atoms with Crippen molar-refractivity contribution >= 4 is 114 Å². The van der Waals surface area contributed by atoms with Gasteiger partial charge in [-0.05, 0) is 130 Å². The van der Waals surface area contributed by atoms with Crippen LogP contribution in [-0.2, 0) is 69.3 Å². The molecule has 88 heavy (non-hydrogen) atoms. The zero-order chi connectivity index (χ0) is 65.1. The highest BCUT2D eigenvalue weighted by Crippen LogP contribution is 2.46. The summed E-state index contributed by atoms with van der Waals surface area (Å²) in [6.45, 7) is 9.04. The van der Waals surface area contributed by atoms with Gasteiger partial charge in [0.05, 0.1) is 88.6 Å². The van der Waals surface area contributed by atoms with Gasteiger partial charge in [-0.25, -0.2) is 41.0 Å². The number of nitrogens with one attached hydrogen (secondary N) is 3. The second-order valence-electron chi connectivity index (χ2n) is 19.7. The maximum Gasteiger partial charge on any atom is 0.337 e. The molecule has 6 aromatic carbocycles. The van der Waals surface area contributed by atoms with Crippen molar-refractivity contribution in [1.82, 2.24) is 0 Å². The summed E-state index contributed by atoms with van der Waals surface area (Å²) in [5.74, 6) is -4.29. The van der Waals surface area contributed by atoms with Crippen LogP contribution in [0.1, 0.15) is 74.8 Å². The number of nitrogens with zero attached hydrogens (tertiary/aromatic N) is 1. The number of sulfonamides is 2. The third-order valence-corrected chi connectivity index (χ3v) is 19.2. The van der Waals surface area contributed by atoms with Gasteiger partial charge in [0.25, 0.3) is 50.4 Å². The molecule has 0 spiro atoms. The summed E-state index contributed by atoms with van der Waals surface area (Å²) in [6, 6.07) is 17.4. The highest BCUT2D eigenvalue weighted by Gasteiger charge is 2.31. The van der Waals surface area contributed by atoms with Crippen LogP contribution in [0.3, 0.4) is 0 Å². The lowest BCUT2D eigenvalue weighted by Crippen LogP contribution is -2.18. The van der Waals surface area contributed by atoms with Crippen LogP contribution in [-0.4, -0.2) is 108 Å². The smallest absolute Gasteiger partial charge is 0.337 e. The van der Waals surface area contributed by atoms with Crippen molar-refractivity contribution < 1.29 is 98.3 Å². The number of methoxy groups -OCH3 is 4. The Morgan fingerprint density at radius 1 is 0.466 bits per heavy atom. The third kappa shape index (κ3) is 12.8. The average Bonchev–Trinajstić information content (AvgIpc) is 1.13. The molecule has 0 amide bonds. The minimum Gasteiger partial charge on any atom is -0.465 e. The molecule has 1 heterocycles. The van der Waals surface area contributed by atoms with E-state index in [4.69, 9.17) is 23.4 Å². The van der Waals surface area contributed by atoms with Gasteiger partial charge in [0.15, 0.2) is 0 Å². The van der Waals surface area contributed by atoms with Gasteiger partial charge in [-0.3, -0.25) is 23.1 Å². The molecule has 8 rings (SSSR count). The molecular formula is C57H52N4O22S5. The fourth-order valence-corrected chi connectivity index (χ4v) is 14.4. The lowest BCUT2D eigenvalue weighted by Gasteiger charge is -2.22. The highest BCUT2D eigenvalue weighted by molar-refractivity contribution is 7.93. The van der Waals surface area contributed by atoms with E-state index in [1.54, 1.807) is 13.8 Å². The van der Waals surface area contributed by atoms with Gasteiger partial charge >= 0.3 is 23.9 Å². The molecule has 26 nitrogen and oxygen atoms in total. The molecule has 0 fully saturated rings. The van der Waals surface area contributed by atoms with Gasteiger partial charge in [-0.2, -0.15) is 25.3 Å². The van der Waals surface area contributed by atoms with E-state index in [0.717, 1.165) is 95.2 Å². The first-order valence-corrected chi connectivity index (χ1v) is 32.6. The van der Waals surface area contributed by atoms with Crippen LogP contribution < -0.4 is 20.1 Å². The first-order valence-electron chi connectivity index (χ1n) is 25.3. The van der Waals surface area contributed by atoms with Crippen LogP contribution in [0.2, 0.25) is 0 Å². The van der Waals surface area contributed by atoms with Crippen molar-refractivity contribution in [3.63, 3.8) is 0 Å².